The lowest BCUT2D eigenvalue weighted by Gasteiger charge is -2.12. The molecule has 1 amide bonds. The van der Waals surface area contributed by atoms with Crippen LogP contribution in [-0.2, 0) is 16.6 Å². The van der Waals surface area contributed by atoms with Gasteiger partial charge < -0.3 is 15.0 Å². The van der Waals surface area contributed by atoms with E-state index in [9.17, 15) is 13.2 Å². The van der Waals surface area contributed by atoms with Crippen molar-refractivity contribution in [3.8, 4) is 5.75 Å². The number of aromatic nitrogens is 1. The second-order valence-electron chi connectivity index (χ2n) is 8.49. The second kappa shape index (κ2) is 9.49. The fraction of sp³-hybridized carbons (Fsp3) is 0.107. The Kier molecular flexibility index (Phi) is 6.22. The molecule has 0 atom stereocenters. The van der Waals surface area contributed by atoms with E-state index < -0.39 is 15.9 Å². The van der Waals surface area contributed by atoms with Crippen molar-refractivity contribution in [1.82, 2.24) is 9.29 Å². The summed E-state index contributed by atoms with van der Waals surface area (Å²) in [5.41, 5.74) is 9.53. The Balaban J connectivity index is 1.58. The first kappa shape index (κ1) is 23.6. The molecule has 182 valence electrons. The quantitative estimate of drug-likeness (QED) is 0.305. The van der Waals surface area contributed by atoms with Crippen molar-refractivity contribution >= 4 is 37.7 Å². The molecule has 5 rings (SSSR count). The van der Waals surface area contributed by atoms with Crippen molar-refractivity contribution in [1.29, 1.82) is 0 Å². The first-order valence-electron chi connectivity index (χ1n) is 11.4. The highest BCUT2D eigenvalue weighted by molar-refractivity contribution is 7.89. The van der Waals surface area contributed by atoms with Gasteiger partial charge >= 0.3 is 0 Å². The predicted octanol–water partition coefficient (Wildman–Crippen LogP) is 4.56. The van der Waals surface area contributed by atoms with Crippen LogP contribution in [0.15, 0.2) is 95.9 Å². The number of carbonyl (C=O) groups is 1. The number of primary amides is 1. The number of nitrogens with one attached hydrogen (secondary N) is 1. The van der Waals surface area contributed by atoms with Crippen LogP contribution in [0.1, 0.15) is 21.5 Å². The van der Waals surface area contributed by atoms with Gasteiger partial charge in [-0.1, -0.05) is 60.7 Å². The summed E-state index contributed by atoms with van der Waals surface area (Å²) < 4.78 is 36.2. The Hall–Kier alpha value is -4.14. The zero-order chi connectivity index (χ0) is 25.3. The minimum absolute atomic E-state index is 0.197. The number of amides is 1. The van der Waals surface area contributed by atoms with Gasteiger partial charge in [-0.05, 0) is 48.4 Å². The molecule has 0 bridgehead atoms. The third-order valence-corrected chi connectivity index (χ3v) is 7.72. The van der Waals surface area contributed by atoms with Crippen LogP contribution in [0.2, 0.25) is 0 Å². The molecule has 0 aliphatic heterocycles. The number of rotatable bonds is 8. The Morgan fingerprint density at radius 3 is 2.25 bits per heavy atom. The van der Waals surface area contributed by atoms with Crippen molar-refractivity contribution in [3.05, 3.63) is 108 Å². The highest BCUT2D eigenvalue weighted by atomic mass is 32.2. The number of hydrogen-bond donors (Lipinski definition) is 2. The van der Waals surface area contributed by atoms with Crippen LogP contribution < -0.4 is 15.2 Å². The Labute approximate surface area is 209 Å². The molecule has 1 heterocycles. The summed E-state index contributed by atoms with van der Waals surface area (Å²) in [6.07, 6.45) is 0. The van der Waals surface area contributed by atoms with E-state index in [4.69, 9.17) is 10.5 Å². The molecule has 4 aromatic carbocycles. The number of ether oxygens (including phenoxy) is 1. The summed E-state index contributed by atoms with van der Waals surface area (Å²) >= 11 is 0. The molecule has 0 spiro atoms. The van der Waals surface area contributed by atoms with Gasteiger partial charge in [0.2, 0.25) is 15.9 Å². The van der Waals surface area contributed by atoms with Crippen LogP contribution in [0.3, 0.4) is 0 Å². The molecule has 1 aromatic heterocycles. The molecule has 0 fully saturated rings. The van der Waals surface area contributed by atoms with Gasteiger partial charge in [0.1, 0.15) is 5.75 Å². The van der Waals surface area contributed by atoms with Crippen LogP contribution in [0, 0.1) is 6.92 Å². The zero-order valence-corrected chi connectivity index (χ0v) is 20.5. The third kappa shape index (κ3) is 4.32. The maximum absolute atomic E-state index is 12.8. The zero-order valence-electron chi connectivity index (χ0n) is 19.6. The number of fused-ring (bicyclic) bond motifs is 3. The van der Waals surface area contributed by atoms with Gasteiger partial charge in [0, 0.05) is 17.5 Å². The first-order valence-corrected chi connectivity index (χ1v) is 12.9. The monoisotopic (exact) mass is 499 g/mol. The summed E-state index contributed by atoms with van der Waals surface area (Å²) in [7, 11) is -3.77. The largest absolute Gasteiger partial charge is 0.477 e. The van der Waals surface area contributed by atoms with Gasteiger partial charge in [-0.3, -0.25) is 4.79 Å². The first-order chi connectivity index (χ1) is 17.4. The Bertz CT molecular complexity index is 1690. The van der Waals surface area contributed by atoms with Gasteiger partial charge in [-0.15, -0.1) is 0 Å². The summed E-state index contributed by atoms with van der Waals surface area (Å²) in [4.78, 5) is 12.5. The van der Waals surface area contributed by atoms with Crippen molar-refractivity contribution in [2.45, 2.75) is 18.4 Å². The van der Waals surface area contributed by atoms with Crippen LogP contribution in [0.25, 0.3) is 21.8 Å². The summed E-state index contributed by atoms with van der Waals surface area (Å²) in [6.45, 7) is 2.04. The van der Waals surface area contributed by atoms with E-state index >= 15 is 0 Å². The van der Waals surface area contributed by atoms with E-state index in [1.54, 1.807) is 49.4 Å². The van der Waals surface area contributed by atoms with Gasteiger partial charge in [0.15, 0.2) is 6.73 Å². The van der Waals surface area contributed by atoms with Crippen molar-refractivity contribution < 1.29 is 17.9 Å². The fourth-order valence-corrected chi connectivity index (χ4v) is 5.65. The van der Waals surface area contributed by atoms with Crippen LogP contribution >= 0.6 is 0 Å². The number of aryl methyl sites for hydroxylation is 1. The van der Waals surface area contributed by atoms with Crippen molar-refractivity contribution in [2.75, 3.05) is 6.73 Å². The number of nitrogens with two attached hydrogens (primary N) is 1. The van der Waals surface area contributed by atoms with E-state index in [0.717, 1.165) is 16.6 Å². The molecule has 3 N–H and O–H groups in total. The molecule has 0 saturated heterocycles. The molecular formula is C28H25N3O4S. The maximum Gasteiger partial charge on any atom is 0.249 e. The summed E-state index contributed by atoms with van der Waals surface area (Å²) in [6, 6.07) is 27.7. The molecule has 36 heavy (non-hydrogen) atoms. The molecule has 7 nitrogen and oxygen atoms in total. The highest BCUT2D eigenvalue weighted by Gasteiger charge is 2.21. The fourth-order valence-electron chi connectivity index (χ4n) is 4.54. The number of carbonyl (C=O) groups excluding carboxylic acids is 1. The molecule has 0 radical (unpaired) electrons. The molecule has 0 saturated carbocycles. The summed E-state index contributed by atoms with van der Waals surface area (Å²) in [5.74, 6) is -0.0973. The summed E-state index contributed by atoms with van der Waals surface area (Å²) in [5, 5.41) is 1.38. The highest BCUT2D eigenvalue weighted by Crippen LogP contribution is 2.38. The lowest BCUT2D eigenvalue weighted by Crippen LogP contribution is -2.28. The molecular weight excluding hydrogens is 474 g/mol. The Morgan fingerprint density at radius 1 is 0.861 bits per heavy atom. The van der Waals surface area contributed by atoms with E-state index in [1.807, 2.05) is 48.5 Å². The van der Waals surface area contributed by atoms with Crippen molar-refractivity contribution in [2.24, 2.45) is 5.73 Å². The van der Waals surface area contributed by atoms with Gasteiger partial charge in [0.25, 0.3) is 0 Å². The number of hydrogen-bond acceptors (Lipinski definition) is 4. The number of sulfonamides is 1. The van der Waals surface area contributed by atoms with E-state index in [-0.39, 0.29) is 11.6 Å². The van der Waals surface area contributed by atoms with Crippen LogP contribution in [-0.4, -0.2) is 25.6 Å². The predicted molar refractivity (Wildman–Crippen MR) is 141 cm³/mol. The third-order valence-electron chi connectivity index (χ3n) is 6.19. The van der Waals surface area contributed by atoms with Gasteiger partial charge in [0.05, 0.1) is 21.3 Å². The molecule has 0 aliphatic rings. The van der Waals surface area contributed by atoms with Crippen LogP contribution in [0.4, 0.5) is 0 Å². The lowest BCUT2D eigenvalue weighted by molar-refractivity contribution is 0.100. The smallest absolute Gasteiger partial charge is 0.249 e. The standard InChI is InChI=1S/C28H25N3O4S/c1-19-9-5-6-16-25(19)36(33,34)30-18-35-24-15-8-14-23-27(24)26-21(28(29)32)12-7-13-22(26)31(23)17-20-10-3-2-4-11-20/h2-16,30H,17-18H2,1H3,(H2,29,32). The molecule has 0 unspecified atom stereocenters. The van der Waals surface area contributed by atoms with Gasteiger partial charge in [-0.25, -0.2) is 8.42 Å². The Morgan fingerprint density at radius 2 is 1.53 bits per heavy atom. The van der Waals surface area contributed by atoms with Crippen LogP contribution in [0.5, 0.6) is 5.75 Å². The average Bonchev–Trinajstić information content (AvgIpc) is 3.19. The number of benzene rings is 4. The van der Waals surface area contributed by atoms with E-state index in [2.05, 4.69) is 9.29 Å². The lowest BCUT2D eigenvalue weighted by atomic mass is 10.1. The maximum atomic E-state index is 12.8. The van der Waals surface area contributed by atoms with Crippen molar-refractivity contribution in [3.63, 3.8) is 0 Å². The second-order valence-corrected chi connectivity index (χ2v) is 10.2. The van der Waals surface area contributed by atoms with E-state index in [0.29, 0.717) is 34.2 Å². The molecule has 8 heteroatoms. The molecule has 0 aliphatic carbocycles. The van der Waals surface area contributed by atoms with E-state index in [1.165, 1.54) is 0 Å². The minimum atomic E-state index is -3.77. The normalized spacial score (nSPS) is 11.7. The van der Waals surface area contributed by atoms with Gasteiger partial charge in [-0.2, -0.15) is 4.72 Å². The SMILES string of the molecule is Cc1ccccc1S(=O)(=O)NCOc1cccc2c1c1c(C(N)=O)cccc1n2Cc1ccccc1. The topological polar surface area (TPSA) is 103 Å². The average molecular weight is 500 g/mol. The number of nitrogens with zero attached hydrogens (tertiary/aromatic N) is 1. The minimum Gasteiger partial charge on any atom is -0.477 e. The molecule has 5 aromatic rings.